The number of carbonyl (C=O) groups is 2. The Morgan fingerprint density at radius 2 is 1.98 bits per heavy atom. The number of ether oxygens (including phenoxy) is 5. The molecule has 2 aliphatic heterocycles. The molecule has 1 aromatic carbocycles. The number of esters is 1. The van der Waals surface area contributed by atoms with Crippen LogP contribution in [0.1, 0.15) is 51.1 Å². The van der Waals surface area contributed by atoms with E-state index in [1.807, 2.05) is 49.6 Å². The fraction of sp³-hybridized carbons (Fsp3) is 0.548. The molecular weight excluding hydrogens is 648 g/mol. The molecule has 244 valence electrons. The van der Waals surface area contributed by atoms with Crippen molar-refractivity contribution in [3.63, 3.8) is 0 Å². The van der Waals surface area contributed by atoms with Crippen molar-refractivity contribution in [3.05, 3.63) is 46.6 Å². The van der Waals surface area contributed by atoms with Crippen LogP contribution in [0.4, 0.5) is 10.6 Å². The van der Waals surface area contributed by atoms with Crippen LogP contribution in [-0.4, -0.2) is 101 Å². The third-order valence-electron chi connectivity index (χ3n) is 7.97. The van der Waals surface area contributed by atoms with E-state index in [9.17, 15) is 9.59 Å². The number of amides is 1. The first-order chi connectivity index (χ1) is 21.5. The van der Waals surface area contributed by atoms with E-state index in [-0.39, 0.29) is 31.2 Å². The lowest BCUT2D eigenvalue weighted by Crippen LogP contribution is -2.56. The molecule has 2 aromatic heterocycles. The highest BCUT2D eigenvalue weighted by atomic mass is 79.9. The largest absolute Gasteiger partial charge is 0.497 e. The Balaban J connectivity index is 1.39. The van der Waals surface area contributed by atoms with E-state index in [0.29, 0.717) is 40.8 Å². The summed E-state index contributed by atoms with van der Waals surface area (Å²) in [6.45, 7) is 7.64. The molecule has 2 saturated heterocycles. The van der Waals surface area contributed by atoms with Crippen molar-refractivity contribution in [2.24, 2.45) is 0 Å². The second kappa shape index (κ2) is 13.8. The first-order valence-corrected chi connectivity index (χ1v) is 15.7. The van der Waals surface area contributed by atoms with Crippen molar-refractivity contribution in [3.8, 4) is 11.5 Å². The van der Waals surface area contributed by atoms with Gasteiger partial charge in [0, 0.05) is 37.1 Å². The number of hydrogen-bond acceptors (Lipinski definition) is 11. The van der Waals surface area contributed by atoms with Gasteiger partial charge in [-0.2, -0.15) is 0 Å². The second-order valence-corrected chi connectivity index (χ2v) is 12.8. The molecule has 4 heterocycles. The topological polar surface area (TPSA) is 129 Å². The maximum absolute atomic E-state index is 13.5. The highest BCUT2D eigenvalue weighted by Gasteiger charge is 2.41. The summed E-state index contributed by atoms with van der Waals surface area (Å²) in [6, 6.07) is 4.99. The van der Waals surface area contributed by atoms with Gasteiger partial charge in [0.05, 0.1) is 40.5 Å². The average molecular weight is 690 g/mol. The third-order valence-corrected chi connectivity index (χ3v) is 8.52. The van der Waals surface area contributed by atoms with Crippen LogP contribution in [0.3, 0.4) is 0 Å². The van der Waals surface area contributed by atoms with Gasteiger partial charge in [-0.3, -0.25) is 19.0 Å². The Bertz CT molecular complexity index is 1530. The summed E-state index contributed by atoms with van der Waals surface area (Å²) < 4.78 is 30.6. The molecule has 45 heavy (non-hydrogen) atoms. The molecule has 0 spiro atoms. The number of rotatable bonds is 9. The zero-order chi connectivity index (χ0) is 32.3. The summed E-state index contributed by atoms with van der Waals surface area (Å²) in [5.41, 5.74) is 0.979. The van der Waals surface area contributed by atoms with Crippen LogP contribution in [0.25, 0.3) is 5.52 Å². The number of morpholine rings is 1. The Kier molecular flexibility index (Phi) is 10.0. The zero-order valence-electron chi connectivity index (χ0n) is 26.5. The van der Waals surface area contributed by atoms with Gasteiger partial charge in [-0.25, -0.2) is 14.8 Å². The molecule has 14 heteroatoms. The molecule has 0 aliphatic carbocycles. The first kappa shape index (κ1) is 32.8. The fourth-order valence-corrected chi connectivity index (χ4v) is 6.38. The Hall–Kier alpha value is -3.62. The van der Waals surface area contributed by atoms with E-state index in [1.54, 1.807) is 25.3 Å². The predicted molar refractivity (Wildman–Crippen MR) is 170 cm³/mol. The quantitative estimate of drug-likeness (QED) is 0.321. The lowest BCUT2D eigenvalue weighted by Gasteiger charge is -2.41. The number of halogens is 1. The summed E-state index contributed by atoms with van der Waals surface area (Å²) in [6.07, 6.45) is 4.13. The molecule has 1 amide bonds. The fourth-order valence-electron chi connectivity index (χ4n) is 5.82. The van der Waals surface area contributed by atoms with Crippen molar-refractivity contribution in [2.75, 3.05) is 52.9 Å². The van der Waals surface area contributed by atoms with Crippen LogP contribution in [-0.2, 0) is 25.5 Å². The number of nitrogens with zero attached hydrogens (tertiary/aromatic N) is 5. The maximum atomic E-state index is 13.5. The van der Waals surface area contributed by atoms with E-state index >= 15 is 0 Å². The molecule has 2 unspecified atom stereocenters. The molecule has 2 aliphatic rings. The molecule has 1 N–H and O–H groups in total. The predicted octanol–water partition coefficient (Wildman–Crippen LogP) is 4.44. The molecule has 0 bridgehead atoms. The van der Waals surface area contributed by atoms with Gasteiger partial charge in [-0.05, 0) is 68.2 Å². The number of fused-ring (bicyclic) bond motifs is 1. The number of anilines is 1. The summed E-state index contributed by atoms with van der Waals surface area (Å²) in [4.78, 5) is 39.1. The van der Waals surface area contributed by atoms with E-state index in [0.717, 1.165) is 30.5 Å². The Morgan fingerprint density at radius 1 is 1.18 bits per heavy atom. The molecule has 13 nitrogen and oxygen atoms in total. The zero-order valence-corrected chi connectivity index (χ0v) is 28.1. The lowest BCUT2D eigenvalue weighted by molar-refractivity contribution is -0.146. The van der Waals surface area contributed by atoms with E-state index in [1.165, 1.54) is 7.11 Å². The number of aromatic nitrogens is 3. The Labute approximate surface area is 271 Å². The minimum Gasteiger partial charge on any atom is -0.497 e. The van der Waals surface area contributed by atoms with Gasteiger partial charge in [0.1, 0.15) is 45.2 Å². The summed E-state index contributed by atoms with van der Waals surface area (Å²) in [5.74, 6) is 2.37. The van der Waals surface area contributed by atoms with Gasteiger partial charge >= 0.3 is 12.1 Å². The summed E-state index contributed by atoms with van der Waals surface area (Å²) in [5, 5.41) is 3.40. The van der Waals surface area contributed by atoms with Crippen LogP contribution in [0.5, 0.6) is 11.5 Å². The highest BCUT2D eigenvalue weighted by Crippen LogP contribution is 2.33. The molecule has 0 radical (unpaired) electrons. The second-order valence-electron chi connectivity index (χ2n) is 12.1. The van der Waals surface area contributed by atoms with Gasteiger partial charge in [-0.15, -0.1) is 0 Å². The number of benzene rings is 1. The van der Waals surface area contributed by atoms with Gasteiger partial charge in [0.25, 0.3) is 0 Å². The number of nitrogens with one attached hydrogen (secondary N) is 1. The molecule has 5 rings (SSSR count). The van der Waals surface area contributed by atoms with Crippen LogP contribution in [0, 0.1) is 0 Å². The summed E-state index contributed by atoms with van der Waals surface area (Å²) >= 11 is 3.63. The number of methoxy groups -OCH3 is 3. The van der Waals surface area contributed by atoms with E-state index < -0.39 is 17.8 Å². The monoisotopic (exact) mass is 688 g/mol. The number of hydrogen-bond donors (Lipinski definition) is 1. The summed E-state index contributed by atoms with van der Waals surface area (Å²) in [7, 11) is 4.64. The number of carbonyl (C=O) groups excluding carboxylic acids is 2. The minimum absolute atomic E-state index is 0.218. The maximum Gasteiger partial charge on any atom is 0.410 e. The normalized spacial score (nSPS) is 20.7. The SMILES string of the molecule is COC(=O)[C@H]1CCCN1CC1COC(c2nc(Br)c3c(NCc4ccc(OC)cc4OC)nccn23)CN1C(=O)OC(C)(C)C. The Morgan fingerprint density at radius 3 is 2.69 bits per heavy atom. The number of imidazole rings is 1. The van der Waals surface area contributed by atoms with Gasteiger partial charge in [0.15, 0.2) is 5.82 Å². The molecular formula is C31H41BrN6O7. The van der Waals surface area contributed by atoms with E-state index in [4.69, 9.17) is 28.7 Å². The van der Waals surface area contributed by atoms with Crippen molar-refractivity contribution < 1.29 is 33.3 Å². The van der Waals surface area contributed by atoms with Crippen LogP contribution < -0.4 is 14.8 Å². The molecule has 0 saturated carbocycles. The molecule has 2 fully saturated rings. The standard InChI is InChI=1S/C31H41BrN6O7/c1-31(2,3)45-30(40)38-17-24(44-18-20(38)16-36-12-7-8-22(36)29(39)43-6)28-35-26(32)25-27(33-11-13-37(25)28)34-15-19-9-10-21(41-4)14-23(19)42-5/h9-11,13-14,20,22,24H,7-8,12,15-18H2,1-6H3,(H,33,34)/t20?,22-,24?/m1/s1. The van der Waals surface area contributed by atoms with Crippen molar-refractivity contribution >= 4 is 39.3 Å². The van der Waals surface area contributed by atoms with Crippen molar-refractivity contribution in [1.29, 1.82) is 0 Å². The van der Waals surface area contributed by atoms with Crippen LogP contribution in [0.15, 0.2) is 35.2 Å². The van der Waals surface area contributed by atoms with Gasteiger partial charge < -0.3 is 29.0 Å². The first-order valence-electron chi connectivity index (χ1n) is 14.9. The third kappa shape index (κ3) is 7.28. The van der Waals surface area contributed by atoms with Crippen molar-refractivity contribution in [2.45, 2.75) is 63.9 Å². The lowest BCUT2D eigenvalue weighted by atomic mass is 10.1. The minimum atomic E-state index is -0.681. The van der Waals surface area contributed by atoms with Crippen molar-refractivity contribution in [1.82, 2.24) is 24.2 Å². The van der Waals surface area contributed by atoms with Gasteiger partial charge in [-0.1, -0.05) is 0 Å². The van der Waals surface area contributed by atoms with Crippen LogP contribution >= 0.6 is 15.9 Å². The van der Waals surface area contributed by atoms with Gasteiger partial charge in [0.2, 0.25) is 0 Å². The molecule has 3 aromatic rings. The number of likely N-dealkylation sites (tertiary alicyclic amines) is 1. The average Bonchev–Trinajstić information content (AvgIpc) is 3.63. The smallest absolute Gasteiger partial charge is 0.410 e. The van der Waals surface area contributed by atoms with E-state index in [2.05, 4.69) is 31.1 Å². The van der Waals surface area contributed by atoms with Crippen LogP contribution in [0.2, 0.25) is 0 Å². The molecule has 3 atom stereocenters. The highest BCUT2D eigenvalue weighted by molar-refractivity contribution is 9.10.